The van der Waals surface area contributed by atoms with Crippen LogP contribution in [0, 0.1) is 0 Å². The van der Waals surface area contributed by atoms with Crippen LogP contribution in [0.4, 0.5) is 5.69 Å². The molecule has 3 heteroatoms. The Kier molecular flexibility index (Phi) is 7.67. The summed E-state index contributed by atoms with van der Waals surface area (Å²) in [6.07, 6.45) is 5.27. The van der Waals surface area contributed by atoms with Gasteiger partial charge in [0, 0.05) is 30.2 Å². The smallest absolute Gasteiger partial charge is 0.213 e. The van der Waals surface area contributed by atoms with Gasteiger partial charge < -0.3 is 0 Å². The molecule has 1 aromatic heterocycles. The molecule has 0 radical (unpaired) electrons. The second kappa shape index (κ2) is 12.4. The molecule has 0 bridgehead atoms. The molecule has 212 valence electrons. The zero-order valence-electron chi connectivity index (χ0n) is 24.8. The molecule has 3 nitrogen and oxygen atoms in total. The average Bonchev–Trinajstić information content (AvgIpc) is 3.55. The van der Waals surface area contributed by atoms with E-state index in [1.165, 1.54) is 33.5 Å². The van der Waals surface area contributed by atoms with E-state index in [9.17, 15) is 0 Å². The lowest BCUT2D eigenvalue weighted by Gasteiger charge is -2.24. The van der Waals surface area contributed by atoms with Gasteiger partial charge in [0.05, 0.1) is 17.4 Å². The molecule has 2 heterocycles. The molecule has 0 saturated carbocycles. The van der Waals surface area contributed by atoms with Gasteiger partial charge in [0.2, 0.25) is 11.4 Å². The molecule has 0 saturated heterocycles. The van der Waals surface area contributed by atoms with Crippen LogP contribution in [-0.2, 0) is 7.05 Å². The Morgan fingerprint density at radius 3 is 1.80 bits per heavy atom. The lowest BCUT2D eigenvalue weighted by Crippen LogP contribution is -2.34. The summed E-state index contributed by atoms with van der Waals surface area (Å²) in [6, 6.07) is 55.8. The van der Waals surface area contributed by atoms with Crippen LogP contribution in [0.15, 0.2) is 163 Å². The van der Waals surface area contributed by atoms with Gasteiger partial charge >= 0.3 is 0 Å². The van der Waals surface area contributed by atoms with Gasteiger partial charge in [0.1, 0.15) is 7.05 Å². The Bertz CT molecular complexity index is 1910. The lowest BCUT2D eigenvalue weighted by molar-refractivity contribution is -0.662. The molecule has 1 atom stereocenters. The van der Waals surface area contributed by atoms with Gasteiger partial charge in [0.25, 0.3) is 0 Å². The molecule has 1 unspecified atom stereocenters. The predicted molar refractivity (Wildman–Crippen MR) is 183 cm³/mol. The van der Waals surface area contributed by atoms with Crippen LogP contribution in [0.2, 0.25) is 0 Å². The lowest BCUT2D eigenvalue weighted by atomic mass is 9.98. The zero-order chi connectivity index (χ0) is 29.7. The van der Waals surface area contributed by atoms with Gasteiger partial charge in [-0.25, -0.2) is 0 Å². The highest BCUT2D eigenvalue weighted by Gasteiger charge is 2.29. The Hall–Kier alpha value is -5.54. The average molecular weight is 569 g/mol. The molecule has 0 N–H and O–H groups in total. The molecule has 0 fully saturated rings. The summed E-state index contributed by atoms with van der Waals surface area (Å²) in [5.74, 6) is 0. The molecule has 7 rings (SSSR count). The van der Waals surface area contributed by atoms with E-state index in [0.29, 0.717) is 0 Å². The zero-order valence-corrected chi connectivity index (χ0v) is 24.8. The number of aromatic nitrogens is 1. The van der Waals surface area contributed by atoms with Gasteiger partial charge in [-0.15, -0.1) is 0 Å². The van der Waals surface area contributed by atoms with Gasteiger partial charge in [-0.1, -0.05) is 121 Å². The Morgan fingerprint density at radius 2 is 1.16 bits per heavy atom. The van der Waals surface area contributed by atoms with Crippen LogP contribution in [0.25, 0.3) is 34.5 Å². The molecule has 0 spiro atoms. The summed E-state index contributed by atoms with van der Waals surface area (Å²) >= 11 is 0. The van der Waals surface area contributed by atoms with Crippen molar-refractivity contribution in [2.45, 2.75) is 12.5 Å². The van der Waals surface area contributed by atoms with E-state index in [-0.39, 0.29) is 6.04 Å². The minimum Gasteiger partial charge on any atom is -0.257 e. The van der Waals surface area contributed by atoms with Crippen molar-refractivity contribution < 1.29 is 4.57 Å². The fraction of sp³-hybridized carbons (Fsp3) is 0.0732. The van der Waals surface area contributed by atoms with E-state index in [0.717, 1.165) is 29.1 Å². The molecule has 0 amide bonds. The van der Waals surface area contributed by atoms with Crippen molar-refractivity contribution in [3.63, 3.8) is 0 Å². The number of benzene rings is 5. The fourth-order valence-electron chi connectivity index (χ4n) is 5.93. The number of hydrogen-bond donors (Lipinski definition) is 0. The van der Waals surface area contributed by atoms with Crippen molar-refractivity contribution >= 4 is 23.6 Å². The normalized spacial score (nSPS) is 14.6. The Morgan fingerprint density at radius 1 is 0.591 bits per heavy atom. The highest BCUT2D eigenvalue weighted by molar-refractivity contribution is 6.03. The quantitative estimate of drug-likeness (QED) is 0.176. The molecule has 1 aliphatic heterocycles. The van der Waals surface area contributed by atoms with Gasteiger partial charge in [-0.05, 0) is 58.2 Å². The number of pyridine rings is 1. The molecular weight excluding hydrogens is 534 g/mol. The van der Waals surface area contributed by atoms with Crippen LogP contribution < -0.4 is 9.58 Å². The summed E-state index contributed by atoms with van der Waals surface area (Å²) in [5, 5.41) is 7.31. The maximum atomic E-state index is 5.13. The summed E-state index contributed by atoms with van der Waals surface area (Å²) in [4.78, 5) is 0. The van der Waals surface area contributed by atoms with Crippen molar-refractivity contribution in [2.24, 2.45) is 12.1 Å². The third-order valence-corrected chi connectivity index (χ3v) is 8.33. The molecule has 44 heavy (non-hydrogen) atoms. The standard InChI is InChI=1S/C41H34N3/c1-43-38(28-36(32-14-6-2-7-15-32)29-40(43)34-18-10-4-11-19-34)27-24-31-22-25-37(26-23-31)44-41(35-20-12-5-13-21-35)30-39(42-44)33-16-8-3-9-17-33/h2-29,41H,30H2,1H3/q+1. The molecule has 1 aliphatic rings. The summed E-state index contributed by atoms with van der Waals surface area (Å²) in [7, 11) is 2.14. The number of rotatable bonds is 7. The SMILES string of the molecule is C[n+]1c(C=Cc2ccc(N3N=C(c4ccccc4)CC3c3ccccc3)cc2)cc(-c2ccccc2)cc1-c1ccccc1. The van der Waals surface area contributed by atoms with Crippen LogP contribution in [0.5, 0.6) is 0 Å². The molecular formula is C41H34N3+. The molecule has 0 aliphatic carbocycles. The third-order valence-electron chi connectivity index (χ3n) is 8.33. The summed E-state index contributed by atoms with van der Waals surface area (Å²) < 4.78 is 2.27. The molecule has 5 aromatic carbocycles. The first-order valence-electron chi connectivity index (χ1n) is 15.1. The second-order valence-electron chi connectivity index (χ2n) is 11.2. The predicted octanol–water partition coefficient (Wildman–Crippen LogP) is 9.37. The summed E-state index contributed by atoms with van der Waals surface area (Å²) in [5.41, 5.74) is 11.7. The van der Waals surface area contributed by atoms with E-state index < -0.39 is 0 Å². The van der Waals surface area contributed by atoms with E-state index in [1.54, 1.807) is 0 Å². The van der Waals surface area contributed by atoms with Crippen molar-refractivity contribution in [3.8, 4) is 22.4 Å². The first-order chi connectivity index (χ1) is 21.7. The minimum absolute atomic E-state index is 0.156. The number of anilines is 1. The van der Waals surface area contributed by atoms with Crippen LogP contribution in [0.3, 0.4) is 0 Å². The number of nitrogens with zero attached hydrogens (tertiary/aromatic N) is 3. The van der Waals surface area contributed by atoms with E-state index >= 15 is 0 Å². The van der Waals surface area contributed by atoms with E-state index in [4.69, 9.17) is 5.10 Å². The maximum Gasteiger partial charge on any atom is 0.213 e. The number of hydrazone groups is 1. The van der Waals surface area contributed by atoms with Gasteiger partial charge in [0.15, 0.2) is 0 Å². The maximum absolute atomic E-state index is 5.13. The van der Waals surface area contributed by atoms with Crippen molar-refractivity contribution in [1.82, 2.24) is 0 Å². The Labute approximate surface area is 259 Å². The second-order valence-corrected chi connectivity index (χ2v) is 11.2. The first kappa shape index (κ1) is 27.3. The third kappa shape index (κ3) is 5.73. The fourth-order valence-corrected chi connectivity index (χ4v) is 5.93. The van der Waals surface area contributed by atoms with E-state index in [1.807, 2.05) is 0 Å². The van der Waals surface area contributed by atoms with Gasteiger partial charge in [-0.2, -0.15) is 9.67 Å². The van der Waals surface area contributed by atoms with Crippen LogP contribution >= 0.6 is 0 Å². The van der Waals surface area contributed by atoms with Crippen molar-refractivity contribution in [3.05, 3.63) is 180 Å². The van der Waals surface area contributed by atoms with Crippen LogP contribution in [-0.4, -0.2) is 5.71 Å². The Balaban J connectivity index is 1.20. The summed E-state index contributed by atoms with van der Waals surface area (Å²) in [6.45, 7) is 0. The topological polar surface area (TPSA) is 19.5 Å². The van der Waals surface area contributed by atoms with Gasteiger partial charge in [-0.3, -0.25) is 5.01 Å². The molecule has 6 aromatic rings. The van der Waals surface area contributed by atoms with Crippen molar-refractivity contribution in [1.29, 1.82) is 0 Å². The van der Waals surface area contributed by atoms with E-state index in [2.05, 4.69) is 187 Å². The van der Waals surface area contributed by atoms with Crippen LogP contribution in [0.1, 0.15) is 34.8 Å². The monoisotopic (exact) mass is 568 g/mol. The largest absolute Gasteiger partial charge is 0.257 e. The highest BCUT2D eigenvalue weighted by atomic mass is 15.5. The first-order valence-corrected chi connectivity index (χ1v) is 15.1. The highest BCUT2D eigenvalue weighted by Crippen LogP contribution is 2.37. The minimum atomic E-state index is 0.156. The number of hydrogen-bond acceptors (Lipinski definition) is 2. The van der Waals surface area contributed by atoms with Crippen molar-refractivity contribution in [2.75, 3.05) is 5.01 Å².